The lowest BCUT2D eigenvalue weighted by molar-refractivity contribution is -0.126. The molecule has 0 radical (unpaired) electrons. The zero-order chi connectivity index (χ0) is 20.3. The van der Waals surface area contributed by atoms with Crippen LogP contribution in [0.2, 0.25) is 0 Å². The monoisotopic (exact) mass is 384 g/mol. The van der Waals surface area contributed by atoms with Crippen molar-refractivity contribution in [2.24, 2.45) is 5.73 Å². The lowest BCUT2D eigenvalue weighted by Crippen LogP contribution is -2.29. The molecular weight excluding hydrogens is 344 g/mol. The molecule has 0 atom stereocenters. The first-order chi connectivity index (χ1) is 13.0. The van der Waals surface area contributed by atoms with Gasteiger partial charge in [-0.1, -0.05) is 84.0 Å². The predicted octanol–water partition coefficient (Wildman–Crippen LogP) is 5.24. The van der Waals surface area contributed by atoms with E-state index in [1.807, 2.05) is 0 Å². The van der Waals surface area contributed by atoms with E-state index in [4.69, 9.17) is 10.8 Å². The minimum atomic E-state index is -1.13. The molecule has 1 heterocycles. The third kappa shape index (κ3) is 16.3. The minimum Gasteiger partial charge on any atom is -0.465 e. The molecule has 0 aromatic heterocycles. The molecule has 0 saturated carbocycles. The van der Waals surface area contributed by atoms with Crippen LogP contribution >= 0.6 is 0 Å². The Balaban J connectivity index is 0.000000621. The second-order valence-corrected chi connectivity index (χ2v) is 7.39. The molecule has 0 unspecified atom stereocenters. The van der Waals surface area contributed by atoms with Gasteiger partial charge < -0.3 is 10.8 Å². The van der Waals surface area contributed by atoms with E-state index < -0.39 is 6.09 Å². The number of rotatable bonds is 14. The Morgan fingerprint density at radius 3 is 1.63 bits per heavy atom. The average Bonchev–Trinajstić information content (AvgIpc) is 3.05. The van der Waals surface area contributed by atoms with Gasteiger partial charge in [-0.25, -0.2) is 9.69 Å². The van der Waals surface area contributed by atoms with E-state index in [0.29, 0.717) is 25.8 Å². The number of nitrogens with zero attached hydrogens (tertiary/aromatic N) is 1. The molecule has 1 fully saturated rings. The van der Waals surface area contributed by atoms with Crippen molar-refractivity contribution in [3.8, 4) is 0 Å². The summed E-state index contributed by atoms with van der Waals surface area (Å²) in [4.78, 5) is 32.0. The number of carbonyl (C=O) groups is 3. The zero-order valence-electron chi connectivity index (χ0n) is 17.2. The molecule has 1 aliphatic rings. The van der Waals surface area contributed by atoms with Gasteiger partial charge in [0.1, 0.15) is 0 Å². The molecule has 0 aromatic carbocycles. The van der Waals surface area contributed by atoms with E-state index in [1.165, 1.54) is 77.0 Å². The molecule has 0 aromatic rings. The number of carboxylic acid groups (broad SMARTS) is 1. The highest BCUT2D eigenvalue weighted by Crippen LogP contribution is 2.12. The number of imide groups is 1. The summed E-state index contributed by atoms with van der Waals surface area (Å²) in [5, 5.41) is 8.29. The van der Waals surface area contributed by atoms with Gasteiger partial charge in [-0.15, -0.1) is 0 Å². The second kappa shape index (κ2) is 17.8. The summed E-state index contributed by atoms with van der Waals surface area (Å²) in [7, 11) is 0. The van der Waals surface area contributed by atoms with Crippen LogP contribution < -0.4 is 5.73 Å². The third-order valence-corrected chi connectivity index (χ3v) is 4.83. The van der Waals surface area contributed by atoms with Crippen molar-refractivity contribution in [3.05, 3.63) is 0 Å². The van der Waals surface area contributed by atoms with Crippen LogP contribution in [0.15, 0.2) is 0 Å². The van der Waals surface area contributed by atoms with Crippen molar-refractivity contribution in [1.29, 1.82) is 0 Å². The molecule has 0 aliphatic carbocycles. The topological polar surface area (TPSA) is 101 Å². The Kier molecular flexibility index (Phi) is 16.8. The lowest BCUT2D eigenvalue weighted by atomic mass is 10.0. The van der Waals surface area contributed by atoms with E-state index in [2.05, 4.69) is 6.92 Å². The Morgan fingerprint density at radius 2 is 1.33 bits per heavy atom. The van der Waals surface area contributed by atoms with Crippen LogP contribution in [0.4, 0.5) is 4.79 Å². The largest absolute Gasteiger partial charge is 0.465 e. The third-order valence-electron chi connectivity index (χ3n) is 4.83. The summed E-state index contributed by atoms with van der Waals surface area (Å²) in [6, 6.07) is 0. The number of likely N-dealkylation sites (tertiary alicyclic amines) is 1. The van der Waals surface area contributed by atoms with E-state index >= 15 is 0 Å². The first kappa shape index (κ1) is 25.4. The summed E-state index contributed by atoms with van der Waals surface area (Å²) in [6.45, 7) is 2.64. The molecule has 3 N–H and O–H groups in total. The summed E-state index contributed by atoms with van der Waals surface area (Å²) < 4.78 is 0. The molecule has 27 heavy (non-hydrogen) atoms. The Morgan fingerprint density at radius 1 is 0.889 bits per heavy atom. The van der Waals surface area contributed by atoms with Gasteiger partial charge in [0, 0.05) is 19.4 Å². The maximum absolute atomic E-state index is 10.6. The smallest absolute Gasteiger partial charge is 0.414 e. The predicted molar refractivity (Wildman–Crippen MR) is 108 cm³/mol. The first-order valence-corrected chi connectivity index (χ1v) is 10.8. The van der Waals surface area contributed by atoms with Gasteiger partial charge in [0.2, 0.25) is 11.8 Å². The molecule has 1 saturated heterocycles. The first-order valence-electron chi connectivity index (χ1n) is 10.8. The maximum Gasteiger partial charge on any atom is 0.414 e. The lowest BCUT2D eigenvalue weighted by Gasteiger charge is -2.05. The van der Waals surface area contributed by atoms with Crippen molar-refractivity contribution in [2.45, 2.75) is 110 Å². The summed E-state index contributed by atoms with van der Waals surface area (Å²) >= 11 is 0. The molecule has 6 heteroatoms. The van der Waals surface area contributed by atoms with Gasteiger partial charge in [0.25, 0.3) is 0 Å². The second-order valence-electron chi connectivity index (χ2n) is 7.39. The van der Waals surface area contributed by atoms with Crippen LogP contribution in [0.3, 0.4) is 0 Å². The molecule has 3 amide bonds. The SMILES string of the molecule is CCCCCCCCCCCCCCCC(N)=O.O=C(O)N1CCCC1=O. The number of unbranched alkanes of at least 4 members (excludes halogenated alkanes) is 12. The molecular formula is C21H40N2O4. The standard InChI is InChI=1S/C16H33NO.C5H7NO3/c1-2-3-4-5-6-7-8-9-10-11-12-13-14-15-16(17)18;7-4-2-1-3-6(4)5(8)9/h2-15H2,1H3,(H2,17,18);1-3H2,(H,8,9). The molecule has 6 nitrogen and oxygen atoms in total. The fraction of sp³-hybridized carbons (Fsp3) is 0.857. The molecule has 1 aliphatic heterocycles. The highest BCUT2D eigenvalue weighted by molar-refractivity contribution is 5.92. The number of amides is 3. The van der Waals surface area contributed by atoms with Crippen LogP contribution in [0.25, 0.3) is 0 Å². The normalized spacial score (nSPS) is 13.4. The molecule has 1 rings (SSSR count). The van der Waals surface area contributed by atoms with Crippen molar-refractivity contribution >= 4 is 17.9 Å². The van der Waals surface area contributed by atoms with Gasteiger partial charge in [0.05, 0.1) is 0 Å². The van der Waals surface area contributed by atoms with Crippen LogP contribution in [-0.2, 0) is 9.59 Å². The van der Waals surface area contributed by atoms with E-state index in [9.17, 15) is 14.4 Å². The fourth-order valence-electron chi connectivity index (χ4n) is 3.17. The quantitative estimate of drug-likeness (QED) is 0.400. The molecule has 0 bridgehead atoms. The summed E-state index contributed by atoms with van der Waals surface area (Å²) in [5.41, 5.74) is 5.09. The van der Waals surface area contributed by atoms with Crippen molar-refractivity contribution < 1.29 is 19.5 Å². The van der Waals surface area contributed by atoms with Crippen LogP contribution in [-0.4, -0.2) is 34.5 Å². The van der Waals surface area contributed by atoms with Gasteiger partial charge in [0.15, 0.2) is 0 Å². The number of hydrogen-bond donors (Lipinski definition) is 2. The number of hydrogen-bond acceptors (Lipinski definition) is 3. The maximum atomic E-state index is 10.6. The van der Waals surface area contributed by atoms with Crippen molar-refractivity contribution in [3.63, 3.8) is 0 Å². The summed E-state index contributed by atoms with van der Waals surface area (Å²) in [5.74, 6) is -0.430. The molecule has 158 valence electrons. The average molecular weight is 385 g/mol. The zero-order valence-corrected chi connectivity index (χ0v) is 17.2. The number of nitrogens with two attached hydrogens (primary N) is 1. The minimum absolute atomic E-state index is 0.155. The van der Waals surface area contributed by atoms with Crippen molar-refractivity contribution in [2.75, 3.05) is 6.54 Å². The van der Waals surface area contributed by atoms with Gasteiger partial charge in [-0.2, -0.15) is 0 Å². The number of carbonyl (C=O) groups excluding carboxylic acids is 2. The van der Waals surface area contributed by atoms with Crippen LogP contribution in [0.5, 0.6) is 0 Å². The Bertz CT molecular complexity index is 413. The van der Waals surface area contributed by atoms with E-state index in [0.717, 1.165) is 11.3 Å². The Hall–Kier alpha value is -1.59. The van der Waals surface area contributed by atoms with Crippen LogP contribution in [0, 0.1) is 0 Å². The van der Waals surface area contributed by atoms with Gasteiger partial charge in [-0.3, -0.25) is 9.59 Å². The van der Waals surface area contributed by atoms with Crippen molar-refractivity contribution in [1.82, 2.24) is 4.90 Å². The Labute approximate surface area is 164 Å². The fourth-order valence-corrected chi connectivity index (χ4v) is 3.17. The van der Waals surface area contributed by atoms with E-state index in [-0.39, 0.29) is 11.8 Å². The van der Waals surface area contributed by atoms with E-state index in [1.54, 1.807) is 0 Å². The molecule has 0 spiro atoms. The number of primary amides is 1. The van der Waals surface area contributed by atoms with Gasteiger partial charge in [-0.05, 0) is 12.8 Å². The van der Waals surface area contributed by atoms with Crippen LogP contribution in [0.1, 0.15) is 110 Å². The highest BCUT2D eigenvalue weighted by atomic mass is 16.4. The summed E-state index contributed by atoms with van der Waals surface area (Å²) in [6.07, 6.45) is 17.9. The van der Waals surface area contributed by atoms with Gasteiger partial charge >= 0.3 is 6.09 Å². The highest BCUT2D eigenvalue weighted by Gasteiger charge is 2.25.